The second-order valence-corrected chi connectivity index (χ2v) is 6.07. The normalized spacial score (nSPS) is 13.1. The minimum atomic E-state index is 0.734. The van der Waals surface area contributed by atoms with Gasteiger partial charge in [-0.05, 0) is 12.8 Å². The lowest BCUT2D eigenvalue weighted by atomic mass is 10.1. The molecule has 2 heteroatoms. The molecule has 0 aliphatic rings. The molecule has 0 saturated heterocycles. The van der Waals surface area contributed by atoms with Crippen molar-refractivity contribution in [1.82, 2.24) is 0 Å². The lowest BCUT2D eigenvalue weighted by Crippen LogP contribution is -1.97. The number of halogens is 2. The second kappa shape index (κ2) is 12.0. The fourth-order valence-corrected chi connectivity index (χ4v) is 3.31. The molecule has 0 N–H and O–H groups in total. The molecule has 0 aromatic rings. The highest BCUT2D eigenvalue weighted by molar-refractivity contribution is 9.10. The average molecular weight is 328 g/mol. The highest BCUT2D eigenvalue weighted by Crippen LogP contribution is 2.16. The monoisotopic (exact) mass is 326 g/mol. The Bertz CT molecular complexity index is 104. The largest absolute Gasteiger partial charge is 0.0928 e. The van der Waals surface area contributed by atoms with Crippen LogP contribution in [0.2, 0.25) is 0 Å². The van der Waals surface area contributed by atoms with E-state index >= 15 is 0 Å². The van der Waals surface area contributed by atoms with E-state index in [1.807, 2.05) is 0 Å². The van der Waals surface area contributed by atoms with Crippen LogP contribution in [0.5, 0.6) is 0 Å². The Kier molecular flexibility index (Phi) is 12.9. The summed E-state index contributed by atoms with van der Waals surface area (Å²) in [7, 11) is 0. The van der Waals surface area contributed by atoms with E-state index in [1.54, 1.807) is 0 Å². The molecule has 0 aromatic carbocycles. The van der Waals surface area contributed by atoms with E-state index in [1.165, 1.54) is 57.8 Å². The van der Waals surface area contributed by atoms with Gasteiger partial charge in [-0.2, -0.15) is 0 Å². The molecule has 1 atom stereocenters. The third kappa shape index (κ3) is 11.0. The van der Waals surface area contributed by atoms with Crippen molar-refractivity contribution in [1.29, 1.82) is 0 Å². The molecule has 14 heavy (non-hydrogen) atoms. The molecule has 0 amide bonds. The van der Waals surface area contributed by atoms with Crippen molar-refractivity contribution < 1.29 is 0 Å². The van der Waals surface area contributed by atoms with Gasteiger partial charge < -0.3 is 0 Å². The number of rotatable bonds is 10. The fraction of sp³-hybridized carbons (Fsp3) is 1.00. The minimum absolute atomic E-state index is 0.734. The molecule has 0 radical (unpaired) electrons. The summed E-state index contributed by atoms with van der Waals surface area (Å²) < 4.78 is 0. The van der Waals surface area contributed by atoms with Crippen LogP contribution in [0.3, 0.4) is 0 Å². The predicted molar refractivity (Wildman–Crippen MR) is 73.7 cm³/mol. The Hall–Kier alpha value is 0.960. The Morgan fingerprint density at radius 2 is 1.43 bits per heavy atom. The molecule has 0 nitrogen and oxygen atoms in total. The van der Waals surface area contributed by atoms with Crippen molar-refractivity contribution in [2.45, 2.75) is 69.5 Å². The summed E-state index contributed by atoms with van der Waals surface area (Å²) in [5.41, 5.74) is 0. The van der Waals surface area contributed by atoms with Gasteiger partial charge in [0, 0.05) is 10.2 Å². The first-order chi connectivity index (χ1) is 6.81. The molecule has 0 spiro atoms. The minimum Gasteiger partial charge on any atom is -0.0928 e. The summed E-state index contributed by atoms with van der Waals surface area (Å²) in [4.78, 5) is 0.734. The zero-order valence-corrected chi connectivity index (χ0v) is 12.6. The first-order valence-electron chi connectivity index (χ1n) is 6.01. The van der Waals surface area contributed by atoms with E-state index in [9.17, 15) is 0 Å². The molecule has 0 aliphatic carbocycles. The number of hydrogen-bond donors (Lipinski definition) is 0. The van der Waals surface area contributed by atoms with Gasteiger partial charge >= 0.3 is 0 Å². The van der Waals surface area contributed by atoms with Gasteiger partial charge in [0.05, 0.1) is 0 Å². The summed E-state index contributed by atoms with van der Waals surface area (Å²) in [6.45, 7) is 2.27. The van der Waals surface area contributed by atoms with Crippen molar-refractivity contribution in [3.05, 3.63) is 0 Å². The van der Waals surface area contributed by atoms with E-state index in [0.717, 1.165) is 10.2 Å². The molecule has 0 aromatic heterocycles. The Morgan fingerprint density at radius 3 is 2.00 bits per heavy atom. The van der Waals surface area contributed by atoms with Crippen molar-refractivity contribution in [2.75, 3.05) is 5.33 Å². The maximum absolute atomic E-state index is 3.70. The molecule has 0 aliphatic heterocycles. The molecule has 86 valence electrons. The Labute approximate surface area is 106 Å². The quantitative estimate of drug-likeness (QED) is 0.358. The van der Waals surface area contributed by atoms with Gasteiger partial charge in [0.2, 0.25) is 0 Å². The first kappa shape index (κ1) is 15.0. The summed E-state index contributed by atoms with van der Waals surface area (Å²) in [6.07, 6.45) is 12.5. The summed E-state index contributed by atoms with van der Waals surface area (Å²) >= 11 is 7.17. The van der Waals surface area contributed by atoms with Gasteiger partial charge in [0.1, 0.15) is 0 Å². The lowest BCUT2D eigenvalue weighted by molar-refractivity contribution is 0.569. The zero-order valence-electron chi connectivity index (χ0n) is 9.40. The van der Waals surface area contributed by atoms with Gasteiger partial charge in [-0.1, -0.05) is 83.7 Å². The SMILES string of the molecule is CCCCCCCCCC(Br)CCBr. The van der Waals surface area contributed by atoms with Gasteiger partial charge in [-0.15, -0.1) is 0 Å². The van der Waals surface area contributed by atoms with Gasteiger partial charge in [0.25, 0.3) is 0 Å². The van der Waals surface area contributed by atoms with Crippen LogP contribution >= 0.6 is 31.9 Å². The maximum Gasteiger partial charge on any atom is 0.0153 e. The van der Waals surface area contributed by atoms with Crippen molar-refractivity contribution in [3.63, 3.8) is 0 Å². The summed E-state index contributed by atoms with van der Waals surface area (Å²) in [6, 6.07) is 0. The van der Waals surface area contributed by atoms with E-state index in [-0.39, 0.29) is 0 Å². The number of hydrogen-bond acceptors (Lipinski definition) is 0. The molecule has 1 unspecified atom stereocenters. The maximum atomic E-state index is 3.70. The third-order valence-electron chi connectivity index (χ3n) is 2.54. The standard InChI is InChI=1S/C12H24Br2/c1-2-3-4-5-6-7-8-9-12(14)10-11-13/h12H,2-11H2,1H3. The second-order valence-electron chi connectivity index (χ2n) is 3.98. The Morgan fingerprint density at radius 1 is 0.857 bits per heavy atom. The van der Waals surface area contributed by atoms with E-state index in [2.05, 4.69) is 38.8 Å². The van der Waals surface area contributed by atoms with Gasteiger partial charge in [-0.25, -0.2) is 0 Å². The topological polar surface area (TPSA) is 0 Å². The lowest BCUT2D eigenvalue weighted by Gasteiger charge is -2.06. The van der Waals surface area contributed by atoms with Crippen LogP contribution < -0.4 is 0 Å². The fourth-order valence-electron chi connectivity index (χ4n) is 1.59. The van der Waals surface area contributed by atoms with Crippen molar-refractivity contribution >= 4 is 31.9 Å². The van der Waals surface area contributed by atoms with Crippen LogP contribution in [-0.4, -0.2) is 10.2 Å². The highest BCUT2D eigenvalue weighted by Gasteiger charge is 2.01. The van der Waals surface area contributed by atoms with E-state index < -0.39 is 0 Å². The average Bonchev–Trinajstić information content (AvgIpc) is 2.17. The van der Waals surface area contributed by atoms with Crippen LogP contribution in [0.25, 0.3) is 0 Å². The zero-order chi connectivity index (χ0) is 10.6. The molecule has 0 saturated carbocycles. The smallest absolute Gasteiger partial charge is 0.0153 e. The van der Waals surface area contributed by atoms with Crippen molar-refractivity contribution in [3.8, 4) is 0 Å². The van der Waals surface area contributed by atoms with Crippen LogP contribution in [0.4, 0.5) is 0 Å². The Balaban J connectivity index is 2.98. The highest BCUT2D eigenvalue weighted by atomic mass is 79.9. The molecular weight excluding hydrogens is 304 g/mol. The van der Waals surface area contributed by atoms with Crippen LogP contribution in [0, 0.1) is 0 Å². The van der Waals surface area contributed by atoms with Gasteiger partial charge in [0.15, 0.2) is 0 Å². The van der Waals surface area contributed by atoms with Crippen molar-refractivity contribution in [2.24, 2.45) is 0 Å². The summed E-state index contributed by atoms with van der Waals surface area (Å²) in [5, 5.41) is 1.12. The van der Waals surface area contributed by atoms with Crippen LogP contribution in [0.15, 0.2) is 0 Å². The number of unbranched alkanes of at least 4 members (excludes halogenated alkanes) is 6. The van der Waals surface area contributed by atoms with Gasteiger partial charge in [-0.3, -0.25) is 0 Å². The first-order valence-corrected chi connectivity index (χ1v) is 8.05. The van der Waals surface area contributed by atoms with E-state index in [4.69, 9.17) is 0 Å². The molecule has 0 rings (SSSR count). The molecular formula is C12H24Br2. The van der Waals surface area contributed by atoms with Crippen LogP contribution in [0.1, 0.15) is 64.7 Å². The number of alkyl halides is 2. The van der Waals surface area contributed by atoms with E-state index in [0.29, 0.717) is 0 Å². The molecule has 0 heterocycles. The summed E-state index contributed by atoms with van der Waals surface area (Å²) in [5.74, 6) is 0. The van der Waals surface area contributed by atoms with Crippen LogP contribution in [-0.2, 0) is 0 Å². The predicted octanol–water partition coefficient (Wildman–Crippen LogP) is 5.68. The third-order valence-corrected chi connectivity index (χ3v) is 3.92. The molecule has 0 bridgehead atoms. The molecule has 0 fully saturated rings.